The number of aliphatic imine (C=N–C) groups is 1. The Morgan fingerprint density at radius 2 is 1.76 bits per heavy atom. The van der Waals surface area contributed by atoms with Crippen LogP contribution in [-0.4, -0.2) is 81.7 Å². The molecule has 2 heterocycles. The lowest BCUT2D eigenvalue weighted by Gasteiger charge is -2.36. The summed E-state index contributed by atoms with van der Waals surface area (Å²) in [6.07, 6.45) is 0.752. The van der Waals surface area contributed by atoms with Gasteiger partial charge in [0.05, 0.1) is 18.0 Å². The first-order valence-electron chi connectivity index (χ1n) is 9.79. The zero-order valence-corrected chi connectivity index (χ0v) is 20.2. The summed E-state index contributed by atoms with van der Waals surface area (Å²) in [6, 6.07) is 7.65. The van der Waals surface area contributed by atoms with Crippen LogP contribution in [0.3, 0.4) is 0 Å². The van der Waals surface area contributed by atoms with Crippen molar-refractivity contribution in [2.24, 2.45) is 4.99 Å². The van der Waals surface area contributed by atoms with Gasteiger partial charge in [0.2, 0.25) is 15.9 Å². The first-order chi connectivity index (χ1) is 13.4. The van der Waals surface area contributed by atoms with E-state index in [-0.39, 0.29) is 42.2 Å². The number of hydrogen-bond acceptors (Lipinski definition) is 4. The number of benzene rings is 1. The molecule has 0 bridgehead atoms. The molecule has 1 aromatic carbocycles. The van der Waals surface area contributed by atoms with Crippen molar-refractivity contribution >= 4 is 51.6 Å². The van der Waals surface area contributed by atoms with Gasteiger partial charge in [0.1, 0.15) is 0 Å². The number of nitrogens with one attached hydrogen (secondary N) is 1. The number of anilines is 1. The van der Waals surface area contributed by atoms with Crippen molar-refractivity contribution < 1.29 is 13.2 Å². The molecule has 1 aromatic rings. The van der Waals surface area contributed by atoms with Crippen LogP contribution in [0.2, 0.25) is 0 Å². The standard InChI is InChI=1S/C19H29N5O3S.HI/c1-3-20-19(23-13-11-22(12-14-23)16(2)25)21-9-15-28(26,27)24-10-8-17-6-4-5-7-18(17)24;/h4-7H,3,8-15H2,1-2H3,(H,20,21);1H. The van der Waals surface area contributed by atoms with Crippen molar-refractivity contribution in [3.8, 4) is 0 Å². The molecule has 0 radical (unpaired) electrons. The number of halogens is 1. The van der Waals surface area contributed by atoms with Crippen LogP contribution in [0.4, 0.5) is 5.69 Å². The molecule has 1 amide bonds. The number of nitrogens with zero attached hydrogens (tertiary/aromatic N) is 4. The maximum Gasteiger partial charge on any atom is 0.237 e. The van der Waals surface area contributed by atoms with Crippen LogP contribution >= 0.6 is 24.0 Å². The molecule has 0 spiro atoms. The smallest absolute Gasteiger partial charge is 0.237 e. The van der Waals surface area contributed by atoms with Crippen molar-refractivity contribution in [1.29, 1.82) is 0 Å². The van der Waals surface area contributed by atoms with E-state index in [9.17, 15) is 13.2 Å². The second kappa shape index (κ2) is 10.5. The Bertz CT molecular complexity index is 838. The molecule has 3 rings (SSSR count). The van der Waals surface area contributed by atoms with Crippen molar-refractivity contribution in [2.75, 3.05) is 55.9 Å². The fourth-order valence-corrected chi connectivity index (χ4v) is 5.02. The molecule has 10 heteroatoms. The number of sulfonamides is 1. The van der Waals surface area contributed by atoms with Gasteiger partial charge in [-0.3, -0.25) is 14.1 Å². The van der Waals surface area contributed by atoms with Crippen LogP contribution in [0.1, 0.15) is 19.4 Å². The third-order valence-electron chi connectivity index (χ3n) is 5.15. The SMILES string of the molecule is CCNC(=NCCS(=O)(=O)N1CCc2ccccc21)N1CCN(C(C)=O)CC1.I. The van der Waals surface area contributed by atoms with Crippen molar-refractivity contribution in [3.05, 3.63) is 29.8 Å². The van der Waals surface area contributed by atoms with E-state index in [0.29, 0.717) is 45.2 Å². The van der Waals surface area contributed by atoms with Gasteiger partial charge in [0.15, 0.2) is 5.96 Å². The van der Waals surface area contributed by atoms with Gasteiger partial charge in [-0.2, -0.15) is 0 Å². The van der Waals surface area contributed by atoms with Crippen LogP contribution in [0.25, 0.3) is 0 Å². The number of hydrogen-bond donors (Lipinski definition) is 1. The summed E-state index contributed by atoms with van der Waals surface area (Å²) in [5.41, 5.74) is 1.87. The number of carbonyl (C=O) groups is 1. The minimum absolute atomic E-state index is 0. The van der Waals surface area contributed by atoms with Crippen LogP contribution < -0.4 is 9.62 Å². The average Bonchev–Trinajstić information content (AvgIpc) is 3.12. The number of piperazine rings is 1. The Labute approximate surface area is 190 Å². The molecular formula is C19H30IN5O3S. The van der Waals surface area contributed by atoms with E-state index in [1.54, 1.807) is 6.92 Å². The van der Waals surface area contributed by atoms with Gasteiger partial charge in [-0.05, 0) is 25.0 Å². The Morgan fingerprint density at radius 1 is 1.10 bits per heavy atom. The molecule has 1 saturated heterocycles. The van der Waals surface area contributed by atoms with Crippen LogP contribution in [0.15, 0.2) is 29.3 Å². The molecule has 0 atom stereocenters. The van der Waals surface area contributed by atoms with Crippen LogP contribution in [0.5, 0.6) is 0 Å². The van der Waals surface area contributed by atoms with Gasteiger partial charge >= 0.3 is 0 Å². The molecule has 1 N–H and O–H groups in total. The first kappa shape index (κ1) is 23.7. The van der Waals surface area contributed by atoms with E-state index in [1.807, 2.05) is 36.1 Å². The number of amides is 1. The Hall–Kier alpha value is -1.56. The highest BCUT2D eigenvalue weighted by Gasteiger charge is 2.29. The summed E-state index contributed by atoms with van der Waals surface area (Å²) < 4.78 is 27.1. The van der Waals surface area contributed by atoms with E-state index in [0.717, 1.165) is 17.7 Å². The molecule has 0 unspecified atom stereocenters. The Morgan fingerprint density at radius 3 is 2.41 bits per heavy atom. The normalized spacial score (nSPS) is 17.0. The molecule has 2 aliphatic rings. The maximum atomic E-state index is 12.8. The lowest BCUT2D eigenvalue weighted by atomic mass is 10.2. The third kappa shape index (κ3) is 5.74. The van der Waals surface area contributed by atoms with Gasteiger partial charge in [-0.15, -0.1) is 24.0 Å². The van der Waals surface area contributed by atoms with Crippen LogP contribution in [-0.2, 0) is 21.2 Å². The highest BCUT2D eigenvalue weighted by Crippen LogP contribution is 2.29. The summed E-state index contributed by atoms with van der Waals surface area (Å²) in [4.78, 5) is 19.9. The van der Waals surface area contributed by atoms with E-state index < -0.39 is 10.0 Å². The minimum Gasteiger partial charge on any atom is -0.357 e. The lowest BCUT2D eigenvalue weighted by Crippen LogP contribution is -2.53. The monoisotopic (exact) mass is 535 g/mol. The molecule has 0 aromatic heterocycles. The largest absolute Gasteiger partial charge is 0.357 e. The van der Waals surface area contributed by atoms with Gasteiger partial charge < -0.3 is 15.1 Å². The predicted molar refractivity (Wildman–Crippen MR) is 126 cm³/mol. The summed E-state index contributed by atoms with van der Waals surface area (Å²) >= 11 is 0. The zero-order chi connectivity index (χ0) is 20.1. The Kier molecular flexibility index (Phi) is 8.56. The highest BCUT2D eigenvalue weighted by atomic mass is 127. The molecule has 162 valence electrons. The topological polar surface area (TPSA) is 85.3 Å². The molecular weight excluding hydrogens is 505 g/mol. The number of fused-ring (bicyclic) bond motifs is 1. The van der Waals surface area contributed by atoms with Crippen molar-refractivity contribution in [1.82, 2.24) is 15.1 Å². The maximum absolute atomic E-state index is 12.8. The summed E-state index contributed by atoms with van der Waals surface area (Å²) in [7, 11) is -3.41. The van der Waals surface area contributed by atoms with Gasteiger partial charge in [0.25, 0.3) is 0 Å². The second-order valence-electron chi connectivity index (χ2n) is 7.00. The Balaban J connectivity index is 0.00000300. The zero-order valence-electron chi connectivity index (χ0n) is 17.0. The van der Waals surface area contributed by atoms with E-state index >= 15 is 0 Å². The van der Waals surface area contributed by atoms with Gasteiger partial charge in [-0.1, -0.05) is 18.2 Å². The first-order valence-corrected chi connectivity index (χ1v) is 11.4. The third-order valence-corrected chi connectivity index (χ3v) is 6.90. The van der Waals surface area contributed by atoms with Crippen molar-refractivity contribution in [2.45, 2.75) is 20.3 Å². The molecule has 8 nitrogen and oxygen atoms in total. The van der Waals surface area contributed by atoms with E-state index in [2.05, 4.69) is 15.2 Å². The molecule has 0 aliphatic carbocycles. The highest BCUT2D eigenvalue weighted by molar-refractivity contribution is 14.0. The van der Waals surface area contributed by atoms with E-state index in [1.165, 1.54) is 4.31 Å². The van der Waals surface area contributed by atoms with Gasteiger partial charge in [-0.25, -0.2) is 8.42 Å². The predicted octanol–water partition coefficient (Wildman–Crippen LogP) is 1.13. The fraction of sp³-hybridized carbons (Fsp3) is 0.579. The lowest BCUT2D eigenvalue weighted by molar-refractivity contribution is -0.130. The quantitative estimate of drug-likeness (QED) is 0.347. The summed E-state index contributed by atoms with van der Waals surface area (Å²) in [5.74, 6) is 0.769. The van der Waals surface area contributed by atoms with Gasteiger partial charge in [0, 0.05) is 46.2 Å². The number of rotatable bonds is 5. The summed E-state index contributed by atoms with van der Waals surface area (Å²) in [5, 5.41) is 3.23. The van der Waals surface area contributed by atoms with E-state index in [4.69, 9.17) is 0 Å². The minimum atomic E-state index is -3.41. The fourth-order valence-electron chi connectivity index (χ4n) is 3.63. The average molecular weight is 535 g/mol. The number of para-hydroxylation sites is 1. The van der Waals surface area contributed by atoms with Crippen LogP contribution in [0, 0.1) is 0 Å². The number of carbonyl (C=O) groups excluding carboxylic acids is 1. The summed E-state index contributed by atoms with van der Waals surface area (Å²) in [6.45, 7) is 7.67. The molecule has 2 aliphatic heterocycles. The molecule has 1 fully saturated rings. The number of guanidine groups is 1. The molecule has 29 heavy (non-hydrogen) atoms. The van der Waals surface area contributed by atoms with Crippen molar-refractivity contribution in [3.63, 3.8) is 0 Å². The molecule has 0 saturated carbocycles. The second-order valence-corrected chi connectivity index (χ2v) is 9.01.